The molecule has 2 aromatic rings. The van der Waals surface area contributed by atoms with E-state index in [9.17, 15) is 4.79 Å². The molecule has 1 aromatic heterocycles. The number of anilines is 2. The minimum Gasteiger partial charge on any atom is -0.368 e. The monoisotopic (exact) mass is 354 g/mol. The number of hydrogen-bond donors (Lipinski definition) is 1. The van der Waals surface area contributed by atoms with Gasteiger partial charge in [-0.25, -0.2) is 9.97 Å². The highest BCUT2D eigenvalue weighted by Crippen LogP contribution is 2.35. The molecule has 1 aliphatic rings. The number of nitrogens with zero attached hydrogens (tertiary/aromatic N) is 3. The number of aromatic nitrogens is 2. The fraction of sp³-hybridized carbons (Fsp3) is 0.476. The molecule has 1 amide bonds. The predicted molar refractivity (Wildman–Crippen MR) is 107 cm³/mol. The first kappa shape index (κ1) is 19.9. The van der Waals surface area contributed by atoms with Crippen LogP contribution in [0.1, 0.15) is 50.9 Å². The molecule has 0 radical (unpaired) electrons. The normalized spacial score (nSPS) is 18.6. The zero-order chi connectivity index (χ0) is 19.3. The Morgan fingerprint density at radius 3 is 2.54 bits per heavy atom. The molecular formula is C21H30N4O. The number of carbonyl (C=O) groups is 1. The third kappa shape index (κ3) is 4.59. The van der Waals surface area contributed by atoms with Crippen LogP contribution in [0.15, 0.2) is 30.5 Å². The molecule has 26 heavy (non-hydrogen) atoms. The van der Waals surface area contributed by atoms with Crippen molar-refractivity contribution in [3.63, 3.8) is 0 Å². The van der Waals surface area contributed by atoms with Crippen LogP contribution in [0.5, 0.6) is 0 Å². The number of amides is 1. The van der Waals surface area contributed by atoms with Crippen molar-refractivity contribution in [2.45, 2.75) is 59.9 Å². The fourth-order valence-corrected chi connectivity index (χ4v) is 3.63. The summed E-state index contributed by atoms with van der Waals surface area (Å²) in [5.41, 5.74) is 9.96. The van der Waals surface area contributed by atoms with E-state index in [4.69, 9.17) is 5.73 Å². The maximum Gasteiger partial charge on any atom is 0.224 e. The first-order chi connectivity index (χ1) is 12.4. The highest BCUT2D eigenvalue weighted by molar-refractivity contribution is 5.93. The standard InChI is InChI=1S/C16H23NO.C5H7N3/c1-5-13-7-8-16-14(10-13)9-11(3)15(6-2)17(16)12(4)18;1-4-2-3-7-5(6)8-4/h7-8,10-11,15H,5-6,9H2,1-4H3;2-3H,1H3,(H2,6,7,8)/t11-,15+;/m1./s1. The average molecular weight is 354 g/mol. The van der Waals surface area contributed by atoms with Crippen molar-refractivity contribution in [3.8, 4) is 0 Å². The highest BCUT2D eigenvalue weighted by Gasteiger charge is 2.32. The first-order valence-corrected chi connectivity index (χ1v) is 9.34. The Kier molecular flexibility index (Phi) is 6.72. The van der Waals surface area contributed by atoms with E-state index in [1.807, 2.05) is 11.8 Å². The van der Waals surface area contributed by atoms with Gasteiger partial charge in [0.25, 0.3) is 0 Å². The molecule has 0 spiro atoms. The van der Waals surface area contributed by atoms with E-state index in [0.29, 0.717) is 17.9 Å². The molecule has 0 saturated heterocycles. The topological polar surface area (TPSA) is 72.1 Å². The van der Waals surface area contributed by atoms with E-state index in [2.05, 4.69) is 48.9 Å². The van der Waals surface area contributed by atoms with Crippen LogP contribution in [0.25, 0.3) is 0 Å². The Balaban J connectivity index is 0.000000254. The van der Waals surface area contributed by atoms with E-state index in [0.717, 1.165) is 30.6 Å². The van der Waals surface area contributed by atoms with Gasteiger partial charge in [-0.15, -0.1) is 0 Å². The molecule has 0 bridgehead atoms. The van der Waals surface area contributed by atoms with Crippen LogP contribution in [0, 0.1) is 12.8 Å². The van der Waals surface area contributed by atoms with Crippen LogP contribution in [0.3, 0.4) is 0 Å². The van der Waals surface area contributed by atoms with Gasteiger partial charge in [-0.3, -0.25) is 4.79 Å². The Bertz CT molecular complexity index is 742. The van der Waals surface area contributed by atoms with Crippen molar-refractivity contribution >= 4 is 17.5 Å². The van der Waals surface area contributed by atoms with E-state index in [1.54, 1.807) is 19.2 Å². The van der Waals surface area contributed by atoms with Gasteiger partial charge in [0, 0.05) is 30.5 Å². The summed E-state index contributed by atoms with van der Waals surface area (Å²) in [6, 6.07) is 8.70. The summed E-state index contributed by atoms with van der Waals surface area (Å²) in [5.74, 6) is 1.04. The Morgan fingerprint density at radius 2 is 2.04 bits per heavy atom. The second-order valence-electron chi connectivity index (χ2n) is 6.92. The fourth-order valence-electron chi connectivity index (χ4n) is 3.63. The van der Waals surface area contributed by atoms with Crippen LogP contribution >= 0.6 is 0 Å². The molecule has 3 rings (SSSR count). The van der Waals surface area contributed by atoms with Crippen molar-refractivity contribution in [1.29, 1.82) is 0 Å². The quantitative estimate of drug-likeness (QED) is 0.886. The molecule has 1 aromatic carbocycles. The third-order valence-corrected chi connectivity index (χ3v) is 4.91. The Hall–Kier alpha value is -2.43. The maximum absolute atomic E-state index is 12.0. The molecule has 140 valence electrons. The number of fused-ring (bicyclic) bond motifs is 1. The summed E-state index contributed by atoms with van der Waals surface area (Å²) in [6.45, 7) is 10.1. The van der Waals surface area contributed by atoms with Crippen molar-refractivity contribution in [1.82, 2.24) is 9.97 Å². The van der Waals surface area contributed by atoms with Crippen molar-refractivity contribution in [2.75, 3.05) is 10.6 Å². The number of carbonyl (C=O) groups excluding carboxylic acids is 1. The molecular weight excluding hydrogens is 324 g/mol. The van der Waals surface area contributed by atoms with Gasteiger partial charge < -0.3 is 10.6 Å². The second-order valence-corrected chi connectivity index (χ2v) is 6.92. The zero-order valence-electron chi connectivity index (χ0n) is 16.5. The molecule has 5 heteroatoms. The minimum absolute atomic E-state index is 0.166. The highest BCUT2D eigenvalue weighted by atomic mass is 16.2. The summed E-state index contributed by atoms with van der Waals surface area (Å²) >= 11 is 0. The van der Waals surface area contributed by atoms with Crippen LogP contribution in [0.4, 0.5) is 11.6 Å². The number of nitrogens with two attached hydrogens (primary N) is 1. The van der Waals surface area contributed by atoms with Crippen molar-refractivity contribution < 1.29 is 4.79 Å². The lowest BCUT2D eigenvalue weighted by Gasteiger charge is -2.40. The Labute approximate surface area is 156 Å². The smallest absolute Gasteiger partial charge is 0.224 e. The number of hydrogen-bond acceptors (Lipinski definition) is 4. The van der Waals surface area contributed by atoms with Gasteiger partial charge in [-0.1, -0.05) is 32.9 Å². The molecule has 0 fully saturated rings. The molecule has 2 heterocycles. The third-order valence-electron chi connectivity index (χ3n) is 4.91. The van der Waals surface area contributed by atoms with Crippen molar-refractivity contribution in [2.24, 2.45) is 5.92 Å². The van der Waals surface area contributed by atoms with Gasteiger partial charge in [-0.2, -0.15) is 0 Å². The molecule has 0 saturated carbocycles. The van der Waals surface area contributed by atoms with Crippen molar-refractivity contribution in [3.05, 3.63) is 47.3 Å². The number of nitrogen functional groups attached to an aromatic ring is 1. The minimum atomic E-state index is 0.166. The number of aryl methyl sites for hydroxylation is 2. The lowest BCUT2D eigenvalue weighted by Crippen LogP contribution is -2.46. The SMILES string of the molecule is CCc1ccc2c(c1)C[C@@H](C)[C@H](CC)N2C(C)=O.Cc1ccnc(N)n1. The summed E-state index contributed by atoms with van der Waals surface area (Å²) in [5, 5.41) is 0. The largest absolute Gasteiger partial charge is 0.368 e. The van der Waals surface area contributed by atoms with Gasteiger partial charge in [0.05, 0.1) is 0 Å². The summed E-state index contributed by atoms with van der Waals surface area (Å²) in [4.78, 5) is 21.5. The Morgan fingerprint density at radius 1 is 1.31 bits per heavy atom. The maximum atomic E-state index is 12.0. The van der Waals surface area contributed by atoms with E-state index < -0.39 is 0 Å². The first-order valence-electron chi connectivity index (χ1n) is 9.34. The molecule has 5 nitrogen and oxygen atoms in total. The lowest BCUT2D eigenvalue weighted by molar-refractivity contribution is -0.117. The van der Waals surface area contributed by atoms with E-state index in [1.165, 1.54) is 11.1 Å². The summed E-state index contributed by atoms with van der Waals surface area (Å²) < 4.78 is 0. The second kappa shape index (κ2) is 8.79. The van der Waals surface area contributed by atoms with Gasteiger partial charge in [0.1, 0.15) is 0 Å². The number of rotatable bonds is 2. The molecule has 1 aliphatic heterocycles. The van der Waals surface area contributed by atoms with Gasteiger partial charge >= 0.3 is 0 Å². The van der Waals surface area contributed by atoms with E-state index >= 15 is 0 Å². The van der Waals surface area contributed by atoms with Gasteiger partial charge in [0.15, 0.2) is 0 Å². The summed E-state index contributed by atoms with van der Waals surface area (Å²) in [7, 11) is 0. The predicted octanol–water partition coefficient (Wildman–Crippen LogP) is 3.94. The lowest BCUT2D eigenvalue weighted by atomic mass is 9.84. The molecule has 2 atom stereocenters. The van der Waals surface area contributed by atoms with E-state index in [-0.39, 0.29) is 5.91 Å². The average Bonchev–Trinajstić information content (AvgIpc) is 2.60. The van der Waals surface area contributed by atoms with Crippen LogP contribution in [0.2, 0.25) is 0 Å². The molecule has 0 unspecified atom stereocenters. The molecule has 0 aliphatic carbocycles. The van der Waals surface area contributed by atoms with Gasteiger partial charge in [-0.05, 0) is 55.4 Å². The number of benzene rings is 1. The van der Waals surface area contributed by atoms with Gasteiger partial charge in [0.2, 0.25) is 11.9 Å². The van der Waals surface area contributed by atoms with Crippen LogP contribution in [-0.4, -0.2) is 21.9 Å². The summed E-state index contributed by atoms with van der Waals surface area (Å²) in [6.07, 6.45) is 4.80. The van der Waals surface area contributed by atoms with Crippen LogP contribution in [-0.2, 0) is 17.6 Å². The molecule has 2 N–H and O–H groups in total. The zero-order valence-corrected chi connectivity index (χ0v) is 16.5. The van der Waals surface area contributed by atoms with Crippen LogP contribution < -0.4 is 10.6 Å².